The number of rotatable bonds is 4. The van der Waals surface area contributed by atoms with Gasteiger partial charge < -0.3 is 10.1 Å². The number of aromatic nitrogens is 2. The second-order valence-corrected chi connectivity index (χ2v) is 5.76. The maximum Gasteiger partial charge on any atom is 0.129 e. The van der Waals surface area contributed by atoms with Crippen molar-refractivity contribution in [3.8, 4) is 0 Å². The van der Waals surface area contributed by atoms with Crippen molar-refractivity contribution in [3.63, 3.8) is 0 Å². The molecule has 1 N–H and O–H groups in total. The molecule has 18 heavy (non-hydrogen) atoms. The minimum Gasteiger partial charge on any atom is -0.381 e. The van der Waals surface area contributed by atoms with Crippen molar-refractivity contribution in [1.82, 2.24) is 9.97 Å². The fourth-order valence-electron chi connectivity index (χ4n) is 2.13. The van der Waals surface area contributed by atoms with Crippen molar-refractivity contribution in [2.75, 3.05) is 25.1 Å². The molecule has 100 valence electrons. The molecule has 0 saturated carbocycles. The highest BCUT2D eigenvalue weighted by atomic mass is 16.5. The molecule has 0 bridgehead atoms. The van der Waals surface area contributed by atoms with Gasteiger partial charge in [-0.15, -0.1) is 0 Å². The lowest BCUT2D eigenvalue weighted by atomic mass is 9.82. The van der Waals surface area contributed by atoms with E-state index in [0.717, 1.165) is 44.1 Å². The molecule has 0 aromatic carbocycles. The van der Waals surface area contributed by atoms with Gasteiger partial charge in [0.15, 0.2) is 0 Å². The number of nitrogens with one attached hydrogen (secondary N) is 1. The molecule has 0 unspecified atom stereocenters. The predicted octanol–water partition coefficient (Wildman–Crippen LogP) is 2.83. The highest BCUT2D eigenvalue weighted by Crippen LogP contribution is 2.29. The Bertz CT molecular complexity index is 386. The molecule has 4 heteroatoms. The number of anilines is 1. The van der Waals surface area contributed by atoms with Gasteiger partial charge in [-0.1, -0.05) is 20.8 Å². The molecule has 0 amide bonds. The van der Waals surface area contributed by atoms with Gasteiger partial charge in [-0.3, -0.25) is 0 Å². The van der Waals surface area contributed by atoms with Gasteiger partial charge in [0.1, 0.15) is 12.1 Å². The first-order valence-corrected chi connectivity index (χ1v) is 6.73. The van der Waals surface area contributed by atoms with E-state index in [4.69, 9.17) is 4.74 Å². The standard InChI is InChI=1S/C14H23N3O/c1-11(2)12-8-13(17-10-16-12)15-9-14(3)4-6-18-7-5-14/h8,10-11H,4-7,9H2,1-3H3,(H,15,16,17). The summed E-state index contributed by atoms with van der Waals surface area (Å²) in [6.45, 7) is 9.30. The van der Waals surface area contributed by atoms with Crippen LogP contribution in [-0.4, -0.2) is 29.7 Å². The number of hydrogen-bond acceptors (Lipinski definition) is 4. The lowest BCUT2D eigenvalue weighted by molar-refractivity contribution is 0.0300. The molecular formula is C14H23N3O. The van der Waals surface area contributed by atoms with Crippen LogP contribution in [0.1, 0.15) is 45.2 Å². The molecule has 0 spiro atoms. The van der Waals surface area contributed by atoms with E-state index in [1.54, 1.807) is 6.33 Å². The summed E-state index contributed by atoms with van der Waals surface area (Å²) < 4.78 is 5.41. The van der Waals surface area contributed by atoms with Crippen LogP contribution in [0.2, 0.25) is 0 Å². The number of nitrogens with zero attached hydrogens (tertiary/aromatic N) is 2. The first-order chi connectivity index (χ1) is 8.59. The van der Waals surface area contributed by atoms with Gasteiger partial charge in [-0.2, -0.15) is 0 Å². The second-order valence-electron chi connectivity index (χ2n) is 5.76. The monoisotopic (exact) mass is 249 g/mol. The van der Waals surface area contributed by atoms with E-state index < -0.39 is 0 Å². The Balaban J connectivity index is 1.95. The Morgan fingerprint density at radius 1 is 1.33 bits per heavy atom. The smallest absolute Gasteiger partial charge is 0.129 e. The zero-order valence-corrected chi connectivity index (χ0v) is 11.6. The van der Waals surface area contributed by atoms with Gasteiger partial charge in [0.25, 0.3) is 0 Å². The fraction of sp³-hybridized carbons (Fsp3) is 0.714. The maximum absolute atomic E-state index is 5.41. The summed E-state index contributed by atoms with van der Waals surface area (Å²) in [5.41, 5.74) is 1.41. The van der Waals surface area contributed by atoms with Crippen molar-refractivity contribution < 1.29 is 4.74 Å². The quantitative estimate of drug-likeness (QED) is 0.891. The third-order valence-corrected chi connectivity index (χ3v) is 3.68. The first-order valence-electron chi connectivity index (χ1n) is 6.73. The van der Waals surface area contributed by atoms with Crippen LogP contribution in [0.5, 0.6) is 0 Å². The van der Waals surface area contributed by atoms with E-state index in [9.17, 15) is 0 Å². The SMILES string of the molecule is CC(C)c1cc(NCC2(C)CCOCC2)ncn1. The van der Waals surface area contributed by atoms with Gasteiger partial charge >= 0.3 is 0 Å². The van der Waals surface area contributed by atoms with Crippen molar-refractivity contribution >= 4 is 5.82 Å². The van der Waals surface area contributed by atoms with Crippen LogP contribution in [-0.2, 0) is 4.74 Å². The second kappa shape index (κ2) is 5.65. The van der Waals surface area contributed by atoms with E-state index >= 15 is 0 Å². The molecule has 1 aromatic heterocycles. The summed E-state index contributed by atoms with van der Waals surface area (Å²) in [7, 11) is 0. The maximum atomic E-state index is 5.41. The van der Waals surface area contributed by atoms with Crippen LogP contribution < -0.4 is 5.32 Å². The van der Waals surface area contributed by atoms with Crippen molar-refractivity contribution in [3.05, 3.63) is 18.1 Å². The molecule has 1 aromatic rings. The molecule has 4 nitrogen and oxygen atoms in total. The lowest BCUT2D eigenvalue weighted by Gasteiger charge is -2.33. The lowest BCUT2D eigenvalue weighted by Crippen LogP contribution is -2.33. The Kier molecular flexibility index (Phi) is 4.17. The van der Waals surface area contributed by atoms with E-state index in [1.807, 2.05) is 6.07 Å². The Morgan fingerprint density at radius 3 is 2.72 bits per heavy atom. The molecule has 2 rings (SSSR count). The third kappa shape index (κ3) is 3.42. The number of ether oxygens (including phenoxy) is 1. The summed E-state index contributed by atoms with van der Waals surface area (Å²) in [5, 5.41) is 3.44. The van der Waals surface area contributed by atoms with Gasteiger partial charge in [0, 0.05) is 31.5 Å². The summed E-state index contributed by atoms with van der Waals surface area (Å²) in [6, 6.07) is 2.05. The minimum atomic E-state index is 0.321. The topological polar surface area (TPSA) is 47.0 Å². The Morgan fingerprint density at radius 2 is 2.06 bits per heavy atom. The van der Waals surface area contributed by atoms with Crippen molar-refractivity contribution in [1.29, 1.82) is 0 Å². The molecule has 1 saturated heterocycles. The average molecular weight is 249 g/mol. The first kappa shape index (κ1) is 13.3. The van der Waals surface area contributed by atoms with Crippen LogP contribution in [0.4, 0.5) is 5.82 Å². The van der Waals surface area contributed by atoms with E-state index in [-0.39, 0.29) is 0 Å². The summed E-state index contributed by atoms with van der Waals surface area (Å²) >= 11 is 0. The Hall–Kier alpha value is -1.16. The van der Waals surface area contributed by atoms with E-state index in [0.29, 0.717) is 11.3 Å². The zero-order valence-electron chi connectivity index (χ0n) is 11.6. The van der Waals surface area contributed by atoms with E-state index in [1.165, 1.54) is 0 Å². The van der Waals surface area contributed by atoms with Crippen LogP contribution in [0.3, 0.4) is 0 Å². The molecule has 0 aliphatic carbocycles. The normalized spacial score (nSPS) is 18.9. The molecule has 0 atom stereocenters. The fourth-order valence-corrected chi connectivity index (χ4v) is 2.13. The van der Waals surface area contributed by atoms with Crippen molar-refractivity contribution in [2.24, 2.45) is 5.41 Å². The number of hydrogen-bond donors (Lipinski definition) is 1. The third-order valence-electron chi connectivity index (χ3n) is 3.68. The van der Waals surface area contributed by atoms with Crippen LogP contribution in [0.25, 0.3) is 0 Å². The summed E-state index contributed by atoms with van der Waals surface area (Å²) in [4.78, 5) is 8.56. The van der Waals surface area contributed by atoms with Gasteiger partial charge in [0.05, 0.1) is 0 Å². The highest BCUT2D eigenvalue weighted by molar-refractivity contribution is 5.35. The molecule has 2 heterocycles. The Labute approximate surface area is 109 Å². The van der Waals surface area contributed by atoms with Crippen LogP contribution in [0, 0.1) is 5.41 Å². The molecule has 1 aliphatic heterocycles. The van der Waals surface area contributed by atoms with Gasteiger partial charge in [-0.05, 0) is 24.2 Å². The minimum absolute atomic E-state index is 0.321. The molecular weight excluding hydrogens is 226 g/mol. The van der Waals surface area contributed by atoms with Crippen molar-refractivity contribution in [2.45, 2.75) is 39.5 Å². The van der Waals surface area contributed by atoms with Gasteiger partial charge in [-0.25, -0.2) is 9.97 Å². The van der Waals surface area contributed by atoms with Crippen LogP contribution in [0.15, 0.2) is 12.4 Å². The largest absolute Gasteiger partial charge is 0.381 e. The highest BCUT2D eigenvalue weighted by Gasteiger charge is 2.27. The summed E-state index contributed by atoms with van der Waals surface area (Å²) in [6.07, 6.45) is 3.87. The predicted molar refractivity (Wildman–Crippen MR) is 72.8 cm³/mol. The van der Waals surface area contributed by atoms with Gasteiger partial charge in [0.2, 0.25) is 0 Å². The summed E-state index contributed by atoms with van der Waals surface area (Å²) in [5.74, 6) is 1.37. The molecule has 1 aliphatic rings. The molecule has 1 fully saturated rings. The van der Waals surface area contributed by atoms with Crippen LogP contribution >= 0.6 is 0 Å². The van der Waals surface area contributed by atoms with E-state index in [2.05, 4.69) is 36.1 Å². The zero-order chi connectivity index (χ0) is 13.0. The molecule has 0 radical (unpaired) electrons. The average Bonchev–Trinajstić information content (AvgIpc) is 2.38.